The molecule has 156 valence electrons. The number of fused-ring (bicyclic) bond motifs is 1. The molecule has 31 heavy (non-hydrogen) atoms. The van der Waals surface area contributed by atoms with Crippen molar-refractivity contribution in [1.82, 2.24) is 4.98 Å². The number of rotatable bonds is 4. The van der Waals surface area contributed by atoms with Crippen LogP contribution in [0.1, 0.15) is 49.3 Å². The number of ether oxygens (including phenoxy) is 1. The van der Waals surface area contributed by atoms with Gasteiger partial charge in [0.1, 0.15) is 11.9 Å². The molecule has 0 bridgehead atoms. The Kier molecular flexibility index (Phi) is 6.13. The van der Waals surface area contributed by atoms with Gasteiger partial charge in [0, 0.05) is 28.9 Å². The van der Waals surface area contributed by atoms with Gasteiger partial charge < -0.3 is 4.74 Å². The highest BCUT2D eigenvalue weighted by Crippen LogP contribution is 2.45. The Bertz CT molecular complexity index is 1140. The molecule has 5 rings (SSSR count). The summed E-state index contributed by atoms with van der Waals surface area (Å²) >= 11 is 0. The molecule has 0 spiro atoms. The van der Waals surface area contributed by atoms with Crippen LogP contribution in [0.3, 0.4) is 0 Å². The summed E-state index contributed by atoms with van der Waals surface area (Å²) in [6.07, 6.45) is 16.3. The number of esters is 1. The summed E-state index contributed by atoms with van der Waals surface area (Å²) in [6, 6.07) is 14.7. The second-order valence-corrected chi connectivity index (χ2v) is 7.86. The first-order chi connectivity index (χ1) is 15.2. The van der Waals surface area contributed by atoms with Gasteiger partial charge in [-0.25, -0.2) is 4.39 Å². The van der Waals surface area contributed by atoms with Crippen LogP contribution in [0.4, 0.5) is 4.39 Å². The van der Waals surface area contributed by atoms with E-state index in [0.717, 1.165) is 59.0 Å². The summed E-state index contributed by atoms with van der Waals surface area (Å²) in [7, 11) is 0. The molecule has 3 aromatic rings. The fourth-order valence-electron chi connectivity index (χ4n) is 4.08. The average molecular weight is 413 g/mol. The summed E-state index contributed by atoms with van der Waals surface area (Å²) in [6.45, 7) is 0. The normalized spacial score (nSPS) is 18.4. The molecule has 0 radical (unpaired) electrons. The van der Waals surface area contributed by atoms with E-state index in [4.69, 9.17) is 9.72 Å². The van der Waals surface area contributed by atoms with Crippen LogP contribution in [-0.2, 0) is 9.53 Å². The standard InChI is InChI=1S/C25H22FNO2.C2H2/c26-18-12-10-16(11-13-18)24-20-5-1-2-6-22(20)27-25(17-8-9-17)21(24)15-14-19-4-3-7-23(28)29-19;1-2/h1-2,5-6,10-15,17,19H,3-4,7-9H2;1-2H/b15-14+;/t19-;/m0./s1. The number of para-hydroxylation sites is 1. The summed E-state index contributed by atoms with van der Waals surface area (Å²) in [4.78, 5) is 16.6. The van der Waals surface area contributed by atoms with Crippen LogP contribution in [-0.4, -0.2) is 17.1 Å². The fourth-order valence-corrected chi connectivity index (χ4v) is 4.08. The lowest BCUT2D eigenvalue weighted by atomic mass is 9.92. The van der Waals surface area contributed by atoms with Crippen LogP contribution in [0, 0.1) is 18.7 Å². The SMILES string of the molecule is C#C.O=C1CCC[C@@H](/C=C/c2c(C3CC3)nc3ccccc3c2-c2ccc(F)cc2)O1. The molecule has 1 aliphatic carbocycles. The van der Waals surface area contributed by atoms with E-state index in [1.54, 1.807) is 0 Å². The van der Waals surface area contributed by atoms with Gasteiger partial charge in [-0.05, 0) is 55.5 Å². The topological polar surface area (TPSA) is 39.2 Å². The number of hydrogen-bond acceptors (Lipinski definition) is 3. The van der Waals surface area contributed by atoms with Crippen LogP contribution >= 0.6 is 0 Å². The molecule has 0 amide bonds. The molecule has 4 heteroatoms. The van der Waals surface area contributed by atoms with E-state index in [0.29, 0.717) is 12.3 Å². The van der Waals surface area contributed by atoms with Crippen molar-refractivity contribution in [2.75, 3.05) is 0 Å². The second-order valence-electron chi connectivity index (χ2n) is 7.86. The lowest BCUT2D eigenvalue weighted by Crippen LogP contribution is -2.21. The first-order valence-electron chi connectivity index (χ1n) is 10.6. The Morgan fingerprint density at radius 2 is 1.77 bits per heavy atom. The van der Waals surface area contributed by atoms with Crippen molar-refractivity contribution >= 4 is 22.9 Å². The van der Waals surface area contributed by atoms with E-state index in [1.807, 2.05) is 36.4 Å². The van der Waals surface area contributed by atoms with Crippen LogP contribution in [0.25, 0.3) is 28.1 Å². The molecular formula is C27H24FNO2. The number of halogens is 1. The van der Waals surface area contributed by atoms with E-state index in [9.17, 15) is 9.18 Å². The molecule has 1 aliphatic heterocycles. The van der Waals surface area contributed by atoms with Crippen molar-refractivity contribution in [2.24, 2.45) is 0 Å². The predicted molar refractivity (Wildman–Crippen MR) is 122 cm³/mol. The van der Waals surface area contributed by atoms with E-state index in [-0.39, 0.29) is 17.9 Å². The monoisotopic (exact) mass is 413 g/mol. The Hall–Kier alpha value is -3.45. The fraction of sp³-hybridized carbons (Fsp3) is 0.259. The summed E-state index contributed by atoms with van der Waals surface area (Å²) in [5.74, 6) is 0.0665. The van der Waals surface area contributed by atoms with E-state index < -0.39 is 0 Å². The molecule has 1 saturated heterocycles. The largest absolute Gasteiger partial charge is 0.458 e. The third-order valence-electron chi connectivity index (χ3n) is 5.69. The van der Waals surface area contributed by atoms with Gasteiger partial charge in [-0.2, -0.15) is 0 Å². The highest BCUT2D eigenvalue weighted by Gasteiger charge is 2.29. The Balaban J connectivity index is 0.00000112. The van der Waals surface area contributed by atoms with Gasteiger partial charge in [0.25, 0.3) is 0 Å². The van der Waals surface area contributed by atoms with Crippen molar-refractivity contribution in [3.8, 4) is 24.0 Å². The van der Waals surface area contributed by atoms with Gasteiger partial charge in [-0.1, -0.05) is 36.4 Å². The number of benzene rings is 2. The maximum Gasteiger partial charge on any atom is 0.306 e. The smallest absolute Gasteiger partial charge is 0.306 e. The van der Waals surface area contributed by atoms with Crippen molar-refractivity contribution in [3.05, 3.63) is 71.7 Å². The highest BCUT2D eigenvalue weighted by molar-refractivity contribution is 5.99. The van der Waals surface area contributed by atoms with Crippen molar-refractivity contribution in [1.29, 1.82) is 0 Å². The lowest BCUT2D eigenvalue weighted by Gasteiger charge is -2.20. The molecule has 2 fully saturated rings. The number of nitrogens with zero attached hydrogens (tertiary/aromatic N) is 1. The number of aromatic nitrogens is 1. The number of hydrogen-bond donors (Lipinski definition) is 0. The first kappa shape index (κ1) is 20.8. The van der Waals surface area contributed by atoms with Gasteiger partial charge in [0.2, 0.25) is 0 Å². The number of cyclic esters (lactones) is 1. The van der Waals surface area contributed by atoms with E-state index in [1.165, 1.54) is 12.1 Å². The molecule has 1 atom stereocenters. The molecule has 2 heterocycles. The molecule has 0 N–H and O–H groups in total. The Morgan fingerprint density at radius 3 is 2.48 bits per heavy atom. The lowest BCUT2D eigenvalue weighted by molar-refractivity contribution is -0.150. The number of carbonyl (C=O) groups is 1. The Labute approximate surface area is 182 Å². The zero-order valence-electron chi connectivity index (χ0n) is 17.3. The van der Waals surface area contributed by atoms with Gasteiger partial charge >= 0.3 is 5.97 Å². The van der Waals surface area contributed by atoms with Crippen LogP contribution in [0.2, 0.25) is 0 Å². The van der Waals surface area contributed by atoms with Gasteiger partial charge in [-0.3, -0.25) is 9.78 Å². The predicted octanol–water partition coefficient (Wildman–Crippen LogP) is 6.28. The van der Waals surface area contributed by atoms with Gasteiger partial charge in [0.15, 0.2) is 0 Å². The third kappa shape index (κ3) is 4.51. The van der Waals surface area contributed by atoms with E-state index >= 15 is 0 Å². The maximum atomic E-state index is 13.6. The highest BCUT2D eigenvalue weighted by atomic mass is 19.1. The van der Waals surface area contributed by atoms with Gasteiger partial charge in [0.05, 0.1) is 11.2 Å². The molecule has 2 aromatic carbocycles. The third-order valence-corrected chi connectivity index (χ3v) is 5.69. The Morgan fingerprint density at radius 1 is 1.03 bits per heavy atom. The summed E-state index contributed by atoms with van der Waals surface area (Å²) in [5.41, 5.74) is 5.12. The van der Waals surface area contributed by atoms with Crippen molar-refractivity contribution in [2.45, 2.75) is 44.1 Å². The van der Waals surface area contributed by atoms with Gasteiger partial charge in [-0.15, -0.1) is 12.8 Å². The zero-order chi connectivity index (χ0) is 21.8. The quantitative estimate of drug-likeness (QED) is 0.373. The number of carbonyl (C=O) groups excluding carboxylic acids is 1. The molecular weight excluding hydrogens is 389 g/mol. The summed E-state index contributed by atoms with van der Waals surface area (Å²) < 4.78 is 19.1. The molecule has 1 saturated carbocycles. The van der Waals surface area contributed by atoms with Crippen LogP contribution in [0.5, 0.6) is 0 Å². The average Bonchev–Trinajstić information content (AvgIpc) is 3.64. The first-order valence-corrected chi connectivity index (χ1v) is 10.6. The van der Waals surface area contributed by atoms with Crippen LogP contribution in [0.15, 0.2) is 54.6 Å². The minimum absolute atomic E-state index is 0.135. The molecule has 2 aliphatic rings. The maximum absolute atomic E-state index is 13.6. The van der Waals surface area contributed by atoms with Crippen molar-refractivity contribution in [3.63, 3.8) is 0 Å². The minimum atomic E-state index is -0.249. The molecule has 3 nitrogen and oxygen atoms in total. The van der Waals surface area contributed by atoms with E-state index in [2.05, 4.69) is 25.0 Å². The molecule has 1 aromatic heterocycles. The minimum Gasteiger partial charge on any atom is -0.458 e. The number of pyridine rings is 1. The van der Waals surface area contributed by atoms with Crippen molar-refractivity contribution < 1.29 is 13.9 Å². The molecule has 0 unspecified atom stereocenters. The zero-order valence-corrected chi connectivity index (χ0v) is 17.3. The number of terminal acetylenes is 1. The second kappa shape index (κ2) is 9.14. The van der Waals surface area contributed by atoms with Crippen LogP contribution < -0.4 is 0 Å². The summed E-state index contributed by atoms with van der Waals surface area (Å²) in [5, 5.41) is 1.05.